The molecule has 0 N–H and O–H groups in total. The lowest BCUT2D eigenvalue weighted by Gasteiger charge is -1.99. The largest absolute Gasteiger partial charge is 0.442 e. The normalized spacial score (nSPS) is 9.69. The zero-order chi connectivity index (χ0) is 10.1. The molecule has 0 unspecified atom stereocenters. The molecule has 0 aromatic carbocycles. The average molecular weight is 192 g/mol. The minimum atomic E-state index is -2.14. The Labute approximate surface area is 75.9 Å². The Morgan fingerprint density at radius 2 is 1.92 bits per heavy atom. The van der Waals surface area contributed by atoms with Gasteiger partial charge in [-0.1, -0.05) is 26.2 Å². The van der Waals surface area contributed by atoms with Gasteiger partial charge in [0.25, 0.3) is 0 Å². The van der Waals surface area contributed by atoms with E-state index in [0.29, 0.717) is 0 Å². The maximum atomic E-state index is 11.5. The Morgan fingerprint density at radius 1 is 1.23 bits per heavy atom. The van der Waals surface area contributed by atoms with Gasteiger partial charge in [0.2, 0.25) is 0 Å². The molecule has 0 aromatic heterocycles. The van der Waals surface area contributed by atoms with E-state index in [2.05, 4.69) is 16.7 Å². The van der Waals surface area contributed by atoms with Crippen LogP contribution in [0.25, 0.3) is 0 Å². The topological polar surface area (TPSA) is 52.6 Å². The van der Waals surface area contributed by atoms with Crippen LogP contribution in [0.5, 0.6) is 0 Å². The van der Waals surface area contributed by atoms with E-state index in [-0.39, 0.29) is 6.61 Å². The van der Waals surface area contributed by atoms with E-state index in [1.807, 2.05) is 0 Å². The highest BCUT2D eigenvalue weighted by atomic mass is 19.1. The molecule has 0 saturated heterocycles. The first-order valence-corrected chi connectivity index (χ1v) is 4.21. The molecule has 4 nitrogen and oxygen atoms in total. The van der Waals surface area contributed by atoms with Crippen molar-refractivity contribution in [1.82, 2.24) is 0 Å². The van der Waals surface area contributed by atoms with Gasteiger partial charge in [0, 0.05) is 0 Å². The molecular weight excluding hydrogens is 179 g/mol. The van der Waals surface area contributed by atoms with Crippen LogP contribution in [0.3, 0.4) is 0 Å². The Morgan fingerprint density at radius 3 is 2.46 bits per heavy atom. The van der Waals surface area contributed by atoms with Crippen LogP contribution in [0, 0.1) is 0 Å². The van der Waals surface area contributed by atoms with E-state index in [0.717, 1.165) is 25.7 Å². The number of hydrogen-bond donors (Lipinski definition) is 0. The molecule has 0 rings (SSSR count). The maximum absolute atomic E-state index is 11.5. The Bertz CT molecular complexity index is 170. The van der Waals surface area contributed by atoms with E-state index >= 15 is 0 Å². The molecule has 0 bridgehead atoms. The number of unbranched alkanes of at least 4 members (excludes halogenated alkanes) is 3. The van der Waals surface area contributed by atoms with Gasteiger partial charge in [-0.2, -0.15) is 9.28 Å². The molecule has 0 aliphatic rings. The molecule has 76 valence electrons. The first-order chi connectivity index (χ1) is 6.18. The van der Waals surface area contributed by atoms with E-state index in [1.54, 1.807) is 0 Å². The van der Waals surface area contributed by atoms with Crippen molar-refractivity contribution in [2.24, 2.45) is 0 Å². The van der Waals surface area contributed by atoms with Crippen LogP contribution in [0.1, 0.15) is 32.6 Å². The Kier molecular flexibility index (Phi) is 7.10. The molecule has 0 atom stereocenters. The molecular formula is C8H13FO4. The third-order valence-corrected chi connectivity index (χ3v) is 1.38. The van der Waals surface area contributed by atoms with Gasteiger partial charge in [0.15, 0.2) is 0 Å². The molecule has 0 heterocycles. The van der Waals surface area contributed by atoms with E-state index in [1.165, 1.54) is 0 Å². The average Bonchev–Trinajstić information content (AvgIpc) is 2.10. The third-order valence-electron chi connectivity index (χ3n) is 1.38. The minimum absolute atomic E-state index is 0.193. The summed E-state index contributed by atoms with van der Waals surface area (Å²) in [5, 5.41) is 0. The van der Waals surface area contributed by atoms with Gasteiger partial charge in [-0.15, -0.1) is 0 Å². The highest BCUT2D eigenvalue weighted by Gasteiger charge is 2.14. The zero-order valence-electron chi connectivity index (χ0n) is 7.55. The quantitative estimate of drug-likeness (QED) is 0.202. The van der Waals surface area contributed by atoms with Gasteiger partial charge in [-0.05, 0) is 6.42 Å². The van der Waals surface area contributed by atoms with Crippen molar-refractivity contribution < 1.29 is 23.8 Å². The number of hydrogen-bond acceptors (Lipinski definition) is 4. The SMILES string of the molecule is CCCCCCOOC(=O)C(=O)F. The number of carbonyl (C=O) groups is 2. The molecule has 0 spiro atoms. The fraction of sp³-hybridized carbons (Fsp3) is 0.750. The van der Waals surface area contributed by atoms with Gasteiger partial charge < -0.3 is 0 Å². The van der Waals surface area contributed by atoms with Gasteiger partial charge in [0.05, 0.1) is 6.61 Å². The van der Waals surface area contributed by atoms with Gasteiger partial charge in [-0.3, -0.25) is 4.89 Å². The molecule has 0 saturated carbocycles. The second-order valence-corrected chi connectivity index (χ2v) is 2.53. The van der Waals surface area contributed by atoms with Crippen molar-refractivity contribution in [2.45, 2.75) is 32.6 Å². The van der Waals surface area contributed by atoms with Crippen LogP contribution in [0.2, 0.25) is 0 Å². The van der Waals surface area contributed by atoms with Crippen LogP contribution >= 0.6 is 0 Å². The van der Waals surface area contributed by atoms with Crippen LogP contribution in [-0.4, -0.2) is 18.6 Å². The summed E-state index contributed by atoms with van der Waals surface area (Å²) >= 11 is 0. The molecule has 0 fully saturated rings. The first-order valence-electron chi connectivity index (χ1n) is 4.21. The highest BCUT2D eigenvalue weighted by molar-refractivity contribution is 6.28. The maximum Gasteiger partial charge on any atom is 0.442 e. The van der Waals surface area contributed by atoms with Crippen LogP contribution in [-0.2, 0) is 19.4 Å². The van der Waals surface area contributed by atoms with Crippen molar-refractivity contribution in [3.05, 3.63) is 0 Å². The van der Waals surface area contributed by atoms with Gasteiger partial charge in [0.1, 0.15) is 0 Å². The van der Waals surface area contributed by atoms with Crippen molar-refractivity contribution in [2.75, 3.05) is 6.61 Å². The third kappa shape index (κ3) is 7.39. The molecule has 5 heteroatoms. The predicted octanol–water partition coefficient (Wildman–Crippen LogP) is 1.54. The molecule has 0 aromatic rings. The van der Waals surface area contributed by atoms with Crippen LogP contribution in [0.15, 0.2) is 0 Å². The lowest BCUT2D eigenvalue weighted by molar-refractivity contribution is -0.271. The number of carbonyl (C=O) groups excluding carboxylic acids is 2. The monoisotopic (exact) mass is 192 g/mol. The molecule has 13 heavy (non-hydrogen) atoms. The van der Waals surface area contributed by atoms with Gasteiger partial charge in [-0.25, -0.2) is 9.59 Å². The summed E-state index contributed by atoms with van der Waals surface area (Å²) in [6.45, 7) is 2.25. The Balaban J connectivity index is 3.16. The summed E-state index contributed by atoms with van der Waals surface area (Å²) in [5.41, 5.74) is 0. The van der Waals surface area contributed by atoms with E-state index in [4.69, 9.17) is 0 Å². The summed E-state index contributed by atoms with van der Waals surface area (Å²) in [4.78, 5) is 28.0. The van der Waals surface area contributed by atoms with Crippen molar-refractivity contribution in [3.63, 3.8) is 0 Å². The fourth-order valence-electron chi connectivity index (χ4n) is 0.716. The summed E-state index contributed by atoms with van der Waals surface area (Å²) in [6.07, 6.45) is 3.83. The van der Waals surface area contributed by atoms with Crippen LogP contribution < -0.4 is 0 Å². The summed E-state index contributed by atoms with van der Waals surface area (Å²) in [5.74, 6) is -1.60. The van der Waals surface area contributed by atoms with E-state index in [9.17, 15) is 14.0 Å². The van der Waals surface area contributed by atoms with Crippen LogP contribution in [0.4, 0.5) is 4.39 Å². The summed E-state index contributed by atoms with van der Waals surface area (Å²) < 4.78 is 11.5. The van der Waals surface area contributed by atoms with Gasteiger partial charge >= 0.3 is 12.0 Å². The molecule has 0 radical (unpaired) electrons. The molecule has 0 aliphatic heterocycles. The Hall–Kier alpha value is -0.970. The number of rotatable bonds is 7. The molecule has 0 aliphatic carbocycles. The first kappa shape index (κ1) is 12.0. The lowest BCUT2D eigenvalue weighted by Crippen LogP contribution is -2.13. The number of halogens is 1. The fourth-order valence-corrected chi connectivity index (χ4v) is 0.716. The van der Waals surface area contributed by atoms with Crippen molar-refractivity contribution >= 4 is 12.0 Å². The predicted molar refractivity (Wildman–Crippen MR) is 42.3 cm³/mol. The van der Waals surface area contributed by atoms with Crippen molar-refractivity contribution in [1.29, 1.82) is 0 Å². The standard InChI is InChI=1S/C8H13FO4/c1-2-3-4-5-6-12-13-8(11)7(9)10/h2-6H2,1H3. The summed E-state index contributed by atoms with van der Waals surface area (Å²) in [6, 6.07) is -2.14. The lowest BCUT2D eigenvalue weighted by atomic mass is 10.2. The second-order valence-electron chi connectivity index (χ2n) is 2.53. The second kappa shape index (κ2) is 7.67. The minimum Gasteiger partial charge on any atom is -0.286 e. The summed E-state index contributed by atoms with van der Waals surface area (Å²) in [7, 11) is 0. The van der Waals surface area contributed by atoms with E-state index < -0.39 is 12.0 Å². The molecule has 0 amide bonds. The van der Waals surface area contributed by atoms with Crippen molar-refractivity contribution in [3.8, 4) is 0 Å². The smallest absolute Gasteiger partial charge is 0.286 e. The zero-order valence-corrected chi connectivity index (χ0v) is 7.55. The highest BCUT2D eigenvalue weighted by Crippen LogP contribution is 1.99.